The number of nitrogens with zero attached hydrogens (tertiary/aromatic N) is 1. The van der Waals surface area contributed by atoms with Crippen molar-refractivity contribution in [3.05, 3.63) is 23.9 Å². The number of aryl methyl sites for hydroxylation is 1. The quantitative estimate of drug-likeness (QED) is 0.522. The topological polar surface area (TPSA) is 68.3 Å². The summed E-state index contributed by atoms with van der Waals surface area (Å²) in [6, 6.07) is 3.38. The van der Waals surface area contributed by atoms with E-state index in [0.29, 0.717) is 5.82 Å². The third kappa shape index (κ3) is 2.55. The molecule has 14 heavy (non-hydrogen) atoms. The molecule has 1 heterocycles. The zero-order valence-corrected chi connectivity index (χ0v) is 7.90. The molecule has 0 aliphatic rings. The third-order valence-electron chi connectivity index (χ3n) is 1.52. The Morgan fingerprint density at radius 2 is 2.14 bits per heavy atom. The van der Waals surface area contributed by atoms with Gasteiger partial charge in [-0.2, -0.15) is 0 Å². The number of ether oxygens (including phenoxy) is 1. The van der Waals surface area contributed by atoms with Crippen molar-refractivity contribution in [3.8, 4) is 0 Å². The van der Waals surface area contributed by atoms with Crippen LogP contribution in [0, 0.1) is 6.92 Å². The van der Waals surface area contributed by atoms with Gasteiger partial charge in [0, 0.05) is 6.20 Å². The van der Waals surface area contributed by atoms with E-state index in [1.807, 2.05) is 6.92 Å². The lowest BCUT2D eigenvalue weighted by atomic mass is 10.3. The molecule has 5 nitrogen and oxygen atoms in total. The van der Waals surface area contributed by atoms with Crippen LogP contribution >= 0.6 is 0 Å². The smallest absolute Gasteiger partial charge is 0.396 e. The van der Waals surface area contributed by atoms with Crippen molar-refractivity contribution in [3.63, 3.8) is 0 Å². The van der Waals surface area contributed by atoms with E-state index in [1.54, 1.807) is 18.3 Å². The van der Waals surface area contributed by atoms with Crippen molar-refractivity contribution in [1.82, 2.24) is 4.98 Å². The summed E-state index contributed by atoms with van der Waals surface area (Å²) in [5.41, 5.74) is 0.973. The van der Waals surface area contributed by atoms with Gasteiger partial charge in [-0.05, 0) is 18.6 Å². The van der Waals surface area contributed by atoms with Crippen molar-refractivity contribution in [2.45, 2.75) is 6.92 Å². The van der Waals surface area contributed by atoms with Crippen LogP contribution in [0.1, 0.15) is 5.56 Å². The molecule has 0 radical (unpaired) electrons. The SMILES string of the molecule is COC(=O)C(=O)Nc1ccc(C)cn1. The first kappa shape index (κ1) is 10.2. The molecule has 1 rings (SSSR count). The number of carbonyl (C=O) groups excluding carboxylic acids is 2. The van der Waals surface area contributed by atoms with Crippen LogP contribution in [0.2, 0.25) is 0 Å². The number of anilines is 1. The van der Waals surface area contributed by atoms with E-state index in [-0.39, 0.29) is 0 Å². The second kappa shape index (κ2) is 4.36. The first-order valence-electron chi connectivity index (χ1n) is 3.95. The minimum Gasteiger partial charge on any atom is -0.462 e. The fraction of sp³-hybridized carbons (Fsp3) is 0.222. The van der Waals surface area contributed by atoms with Crippen LogP contribution in [0.15, 0.2) is 18.3 Å². The molecule has 1 amide bonds. The maximum Gasteiger partial charge on any atom is 0.396 e. The second-order valence-corrected chi connectivity index (χ2v) is 2.67. The van der Waals surface area contributed by atoms with Crippen molar-refractivity contribution in [1.29, 1.82) is 0 Å². The molecule has 1 aromatic heterocycles. The lowest BCUT2D eigenvalue weighted by molar-refractivity contribution is -0.150. The van der Waals surface area contributed by atoms with Crippen LogP contribution in [0.4, 0.5) is 5.82 Å². The van der Waals surface area contributed by atoms with Crippen molar-refractivity contribution < 1.29 is 14.3 Å². The minimum atomic E-state index is -0.938. The van der Waals surface area contributed by atoms with Gasteiger partial charge in [-0.25, -0.2) is 9.78 Å². The summed E-state index contributed by atoms with van der Waals surface area (Å²) in [5.74, 6) is -1.44. The first-order valence-corrected chi connectivity index (χ1v) is 3.95. The van der Waals surface area contributed by atoms with E-state index in [4.69, 9.17) is 0 Å². The van der Waals surface area contributed by atoms with E-state index in [9.17, 15) is 9.59 Å². The van der Waals surface area contributed by atoms with E-state index >= 15 is 0 Å². The van der Waals surface area contributed by atoms with Gasteiger partial charge < -0.3 is 10.1 Å². The van der Waals surface area contributed by atoms with Crippen LogP contribution in [0.3, 0.4) is 0 Å². The molecular weight excluding hydrogens is 184 g/mol. The Hall–Kier alpha value is -1.91. The molecular formula is C9H10N2O3. The summed E-state index contributed by atoms with van der Waals surface area (Å²) in [6.07, 6.45) is 1.59. The predicted molar refractivity (Wildman–Crippen MR) is 49.6 cm³/mol. The molecule has 74 valence electrons. The first-order chi connectivity index (χ1) is 6.63. The number of methoxy groups -OCH3 is 1. The molecule has 0 spiro atoms. The van der Waals surface area contributed by atoms with Gasteiger partial charge in [-0.1, -0.05) is 6.07 Å². The van der Waals surface area contributed by atoms with Crippen LogP contribution < -0.4 is 5.32 Å². The molecule has 0 saturated carbocycles. The van der Waals surface area contributed by atoms with E-state index in [0.717, 1.165) is 12.7 Å². The van der Waals surface area contributed by atoms with Crippen LogP contribution in [-0.4, -0.2) is 24.0 Å². The van der Waals surface area contributed by atoms with Crippen molar-refractivity contribution in [2.75, 3.05) is 12.4 Å². The average molecular weight is 194 g/mol. The monoisotopic (exact) mass is 194 g/mol. The molecule has 0 fully saturated rings. The van der Waals surface area contributed by atoms with Gasteiger partial charge in [0.1, 0.15) is 5.82 Å². The number of aromatic nitrogens is 1. The maximum absolute atomic E-state index is 11.0. The second-order valence-electron chi connectivity index (χ2n) is 2.67. The zero-order valence-electron chi connectivity index (χ0n) is 7.90. The third-order valence-corrected chi connectivity index (χ3v) is 1.52. The van der Waals surface area contributed by atoms with Crippen molar-refractivity contribution in [2.24, 2.45) is 0 Å². The molecule has 0 saturated heterocycles. The number of amides is 1. The molecule has 1 N–H and O–H groups in total. The van der Waals surface area contributed by atoms with Gasteiger partial charge in [0.15, 0.2) is 0 Å². The number of nitrogens with one attached hydrogen (secondary N) is 1. The van der Waals surface area contributed by atoms with E-state index in [1.165, 1.54) is 0 Å². The summed E-state index contributed by atoms with van der Waals surface area (Å²) < 4.78 is 4.23. The Balaban J connectivity index is 2.65. The van der Waals surface area contributed by atoms with Crippen LogP contribution in [-0.2, 0) is 14.3 Å². The molecule has 1 aromatic rings. The zero-order chi connectivity index (χ0) is 10.6. The summed E-state index contributed by atoms with van der Waals surface area (Å²) in [7, 11) is 1.14. The average Bonchev–Trinajstić information content (AvgIpc) is 2.20. The highest BCUT2D eigenvalue weighted by Crippen LogP contribution is 2.03. The Morgan fingerprint density at radius 1 is 1.43 bits per heavy atom. The van der Waals surface area contributed by atoms with Gasteiger partial charge in [-0.3, -0.25) is 4.79 Å². The van der Waals surface area contributed by atoms with Gasteiger partial charge in [0.2, 0.25) is 0 Å². The molecule has 5 heteroatoms. The van der Waals surface area contributed by atoms with Crippen LogP contribution in [0.5, 0.6) is 0 Å². The predicted octanol–water partition coefficient (Wildman–Crippen LogP) is 0.502. The largest absolute Gasteiger partial charge is 0.462 e. The standard InChI is InChI=1S/C9H10N2O3/c1-6-3-4-7(10-5-6)11-8(12)9(13)14-2/h3-5H,1-2H3,(H,10,11,12). The maximum atomic E-state index is 11.0. The van der Waals surface area contributed by atoms with Gasteiger partial charge in [0.25, 0.3) is 0 Å². The number of hydrogen-bond acceptors (Lipinski definition) is 4. The Kier molecular flexibility index (Phi) is 3.17. The minimum absolute atomic E-state index is 0.325. The molecule has 0 unspecified atom stereocenters. The highest BCUT2D eigenvalue weighted by molar-refractivity contribution is 6.37. The lowest BCUT2D eigenvalue weighted by Gasteiger charge is -2.02. The summed E-state index contributed by atoms with van der Waals surface area (Å²) >= 11 is 0. The number of pyridine rings is 1. The fourth-order valence-corrected chi connectivity index (χ4v) is 0.802. The van der Waals surface area contributed by atoms with Gasteiger partial charge in [0.05, 0.1) is 7.11 Å². The van der Waals surface area contributed by atoms with Crippen LogP contribution in [0.25, 0.3) is 0 Å². The fourth-order valence-electron chi connectivity index (χ4n) is 0.802. The Bertz CT molecular complexity index is 346. The highest BCUT2D eigenvalue weighted by Gasteiger charge is 2.13. The number of rotatable bonds is 1. The van der Waals surface area contributed by atoms with Gasteiger partial charge >= 0.3 is 11.9 Å². The van der Waals surface area contributed by atoms with Gasteiger partial charge in [-0.15, -0.1) is 0 Å². The number of esters is 1. The normalized spacial score (nSPS) is 9.29. The Morgan fingerprint density at radius 3 is 2.64 bits per heavy atom. The molecule has 0 aliphatic heterocycles. The highest BCUT2D eigenvalue weighted by atomic mass is 16.5. The number of carbonyl (C=O) groups is 2. The summed E-state index contributed by atoms with van der Waals surface area (Å²) in [5, 5.41) is 2.30. The summed E-state index contributed by atoms with van der Waals surface area (Å²) in [4.78, 5) is 25.6. The Labute approximate surface area is 81.1 Å². The van der Waals surface area contributed by atoms with E-state index < -0.39 is 11.9 Å². The molecule has 0 aliphatic carbocycles. The molecule has 0 atom stereocenters. The number of hydrogen-bond donors (Lipinski definition) is 1. The summed E-state index contributed by atoms with van der Waals surface area (Å²) in [6.45, 7) is 1.87. The molecule has 0 aromatic carbocycles. The van der Waals surface area contributed by atoms with Crippen molar-refractivity contribution >= 4 is 17.7 Å². The molecule has 0 bridgehead atoms. The van der Waals surface area contributed by atoms with E-state index in [2.05, 4.69) is 15.0 Å². The lowest BCUT2D eigenvalue weighted by Crippen LogP contribution is -2.24.